The van der Waals surface area contributed by atoms with Gasteiger partial charge in [-0.15, -0.1) is 0 Å². The molecular weight excluding hydrogens is 486 g/mol. The number of carboxylic acid groups (broad SMARTS) is 1. The summed E-state index contributed by atoms with van der Waals surface area (Å²) in [4.78, 5) is 12.4. The van der Waals surface area contributed by atoms with Crippen LogP contribution in [0, 0.1) is 5.92 Å². The topological polar surface area (TPSA) is 87.8 Å². The number of hydrogen-bond donors (Lipinski definition) is 1. The average molecular weight is 514 g/mol. The monoisotopic (exact) mass is 513 g/mol. The number of hydrogen-bond acceptors (Lipinski definition) is 4. The van der Waals surface area contributed by atoms with E-state index in [0.29, 0.717) is 34.4 Å². The van der Waals surface area contributed by atoms with E-state index in [1.54, 1.807) is 24.3 Å². The highest BCUT2D eigenvalue weighted by Gasteiger charge is 2.36. The maximum Gasteiger partial charge on any atom is 0.322 e. The number of carboxylic acids is 1. The molecule has 1 N–H and O–H groups in total. The minimum absolute atomic E-state index is 0.0543. The normalized spacial score (nSPS) is 13.2. The number of nitrogens with zero attached hydrogens (tertiary/aromatic N) is 1. The maximum absolute atomic E-state index is 13.8. The van der Waals surface area contributed by atoms with E-state index in [2.05, 4.69) is 0 Å². The highest BCUT2D eigenvalue weighted by Crippen LogP contribution is 2.32. The van der Waals surface area contributed by atoms with Crippen molar-refractivity contribution in [2.45, 2.75) is 44.0 Å². The number of fused-ring (bicyclic) bond motifs is 3. The summed E-state index contributed by atoms with van der Waals surface area (Å²) in [5.41, 5.74) is 2.27. The van der Waals surface area contributed by atoms with Crippen molar-refractivity contribution in [2.24, 2.45) is 5.92 Å². The molecule has 0 radical (unpaired) electrons. The molecule has 0 aliphatic rings. The van der Waals surface area contributed by atoms with Crippen LogP contribution in [0.25, 0.3) is 21.9 Å². The second-order valence-corrected chi connectivity index (χ2v) is 11.4. The highest BCUT2D eigenvalue weighted by molar-refractivity contribution is 7.89. The van der Waals surface area contributed by atoms with Crippen molar-refractivity contribution in [3.63, 3.8) is 0 Å². The highest BCUT2D eigenvalue weighted by atomic mass is 35.5. The molecule has 4 rings (SSSR count). The van der Waals surface area contributed by atoms with Crippen LogP contribution in [0.4, 0.5) is 0 Å². The second-order valence-electron chi connectivity index (χ2n) is 9.10. The van der Waals surface area contributed by atoms with Gasteiger partial charge in [0, 0.05) is 22.3 Å². The lowest BCUT2D eigenvalue weighted by molar-refractivity contribution is -0.141. The Morgan fingerprint density at radius 1 is 1.00 bits per heavy atom. The summed E-state index contributed by atoms with van der Waals surface area (Å²) in [5, 5.41) is 12.2. The van der Waals surface area contributed by atoms with Crippen LogP contribution < -0.4 is 0 Å². The number of carbonyl (C=O) groups is 1. The number of halogens is 1. The summed E-state index contributed by atoms with van der Waals surface area (Å²) in [5.74, 6) is -1.21. The molecule has 0 aliphatic heterocycles. The van der Waals surface area contributed by atoms with Crippen molar-refractivity contribution >= 4 is 49.5 Å². The number of aryl methyl sites for hydroxylation is 1. The maximum atomic E-state index is 13.8. The standard InChI is InChI=1S/C27H28ClNO5S/c1-18(2)17-29(24(27(30)31)8-5-6-19-10-12-20(28)13-11-19)35(32,33)21-14-15-26-23(16-21)22-7-3-4-9-25(22)34-26/h3-4,7,9-16,18,24H,5-6,8,17H2,1-2H3,(H,30,31). The molecular formula is C27H28ClNO5S. The molecule has 0 saturated heterocycles. The minimum Gasteiger partial charge on any atom is -0.480 e. The van der Waals surface area contributed by atoms with E-state index in [1.165, 1.54) is 6.07 Å². The first-order valence-corrected chi connectivity index (χ1v) is 13.4. The van der Waals surface area contributed by atoms with E-state index >= 15 is 0 Å². The van der Waals surface area contributed by atoms with Gasteiger partial charge in [0.1, 0.15) is 17.2 Å². The zero-order valence-corrected chi connectivity index (χ0v) is 21.2. The molecule has 0 amide bonds. The zero-order chi connectivity index (χ0) is 25.2. The van der Waals surface area contributed by atoms with Gasteiger partial charge in [0.15, 0.2) is 0 Å². The molecule has 35 heavy (non-hydrogen) atoms. The molecule has 0 aliphatic carbocycles. The molecule has 3 aromatic carbocycles. The molecule has 4 aromatic rings. The predicted octanol–water partition coefficient (Wildman–Crippen LogP) is 6.36. The third-order valence-corrected chi connectivity index (χ3v) is 8.11. The van der Waals surface area contributed by atoms with Crippen LogP contribution >= 0.6 is 11.6 Å². The Hall–Kier alpha value is -2.87. The lowest BCUT2D eigenvalue weighted by Crippen LogP contribution is -2.46. The van der Waals surface area contributed by atoms with Crippen molar-refractivity contribution in [2.75, 3.05) is 6.54 Å². The van der Waals surface area contributed by atoms with E-state index in [0.717, 1.165) is 15.3 Å². The third kappa shape index (κ3) is 5.53. The van der Waals surface area contributed by atoms with Crippen LogP contribution in [0.1, 0.15) is 32.3 Å². The summed E-state index contributed by atoms with van der Waals surface area (Å²) in [6.07, 6.45) is 1.35. The van der Waals surface area contributed by atoms with Crippen molar-refractivity contribution in [1.29, 1.82) is 0 Å². The number of benzene rings is 3. The zero-order valence-electron chi connectivity index (χ0n) is 19.6. The van der Waals surface area contributed by atoms with Gasteiger partial charge in [0.2, 0.25) is 10.0 Å². The first-order valence-electron chi connectivity index (χ1n) is 11.6. The van der Waals surface area contributed by atoms with Crippen molar-refractivity contribution in [3.05, 3.63) is 77.3 Å². The Bertz CT molecular complexity index is 1440. The Balaban J connectivity index is 1.65. The van der Waals surface area contributed by atoms with E-state index < -0.39 is 22.0 Å². The summed E-state index contributed by atoms with van der Waals surface area (Å²) in [6, 6.07) is 18.3. The molecule has 0 spiro atoms. The number of para-hydroxylation sites is 1. The van der Waals surface area contributed by atoms with Gasteiger partial charge < -0.3 is 9.52 Å². The van der Waals surface area contributed by atoms with Gasteiger partial charge in [-0.3, -0.25) is 4.79 Å². The van der Waals surface area contributed by atoms with Crippen molar-refractivity contribution in [3.8, 4) is 0 Å². The summed E-state index contributed by atoms with van der Waals surface area (Å²) in [7, 11) is -4.09. The minimum atomic E-state index is -4.09. The molecule has 6 nitrogen and oxygen atoms in total. The molecule has 184 valence electrons. The largest absolute Gasteiger partial charge is 0.480 e. The van der Waals surface area contributed by atoms with Crippen molar-refractivity contribution < 1.29 is 22.7 Å². The first-order chi connectivity index (χ1) is 16.7. The molecule has 0 fully saturated rings. The predicted molar refractivity (Wildman–Crippen MR) is 138 cm³/mol. The smallest absolute Gasteiger partial charge is 0.322 e. The van der Waals surface area contributed by atoms with Gasteiger partial charge in [0.25, 0.3) is 0 Å². The Kier molecular flexibility index (Phi) is 7.50. The molecule has 1 heterocycles. The van der Waals surface area contributed by atoms with Crippen molar-refractivity contribution in [1.82, 2.24) is 4.31 Å². The number of aliphatic carboxylic acids is 1. The average Bonchev–Trinajstić information content (AvgIpc) is 3.19. The molecule has 1 unspecified atom stereocenters. The van der Waals surface area contributed by atoms with Crippen LogP contribution in [-0.4, -0.2) is 36.4 Å². The van der Waals surface area contributed by atoms with Gasteiger partial charge in [-0.1, -0.05) is 55.8 Å². The molecule has 1 atom stereocenters. The molecule has 1 aromatic heterocycles. The third-order valence-electron chi connectivity index (χ3n) is 5.99. The second kappa shape index (κ2) is 10.4. The Morgan fingerprint density at radius 2 is 1.69 bits per heavy atom. The first kappa shape index (κ1) is 25.2. The SMILES string of the molecule is CC(C)CN(C(CCCc1ccc(Cl)cc1)C(=O)O)S(=O)(=O)c1ccc2oc3ccccc3c2c1. The number of sulfonamides is 1. The molecule has 8 heteroatoms. The number of furan rings is 1. The van der Waals surface area contributed by atoms with Gasteiger partial charge in [-0.25, -0.2) is 8.42 Å². The van der Waals surface area contributed by atoms with Crippen LogP contribution in [0.5, 0.6) is 0 Å². The summed E-state index contributed by atoms with van der Waals surface area (Å²) < 4.78 is 34.6. The Morgan fingerprint density at radius 3 is 2.37 bits per heavy atom. The van der Waals surface area contributed by atoms with Crippen LogP contribution in [0.2, 0.25) is 5.02 Å². The van der Waals surface area contributed by atoms with Gasteiger partial charge in [0.05, 0.1) is 4.90 Å². The number of rotatable bonds is 10. The van der Waals surface area contributed by atoms with E-state index in [4.69, 9.17) is 16.0 Å². The summed E-state index contributed by atoms with van der Waals surface area (Å²) in [6.45, 7) is 3.86. The lowest BCUT2D eigenvalue weighted by atomic mass is 10.0. The Labute approximate surface area is 210 Å². The fourth-order valence-electron chi connectivity index (χ4n) is 4.30. The van der Waals surface area contributed by atoms with E-state index in [1.807, 2.05) is 50.2 Å². The van der Waals surface area contributed by atoms with Gasteiger partial charge in [-0.2, -0.15) is 4.31 Å². The fraction of sp³-hybridized carbons (Fsp3) is 0.296. The molecule has 0 bridgehead atoms. The lowest BCUT2D eigenvalue weighted by Gasteiger charge is -2.29. The van der Waals surface area contributed by atoms with Gasteiger partial charge in [-0.05, 0) is 67.1 Å². The van der Waals surface area contributed by atoms with E-state index in [9.17, 15) is 18.3 Å². The fourth-order valence-corrected chi connectivity index (χ4v) is 6.22. The van der Waals surface area contributed by atoms with Crippen LogP contribution in [-0.2, 0) is 21.2 Å². The molecule has 0 saturated carbocycles. The van der Waals surface area contributed by atoms with Crippen LogP contribution in [0.15, 0.2) is 76.0 Å². The van der Waals surface area contributed by atoms with Crippen LogP contribution in [0.3, 0.4) is 0 Å². The van der Waals surface area contributed by atoms with Gasteiger partial charge >= 0.3 is 5.97 Å². The summed E-state index contributed by atoms with van der Waals surface area (Å²) >= 11 is 5.94. The van der Waals surface area contributed by atoms with E-state index in [-0.39, 0.29) is 23.8 Å². The quantitative estimate of drug-likeness (QED) is 0.266.